The first-order valence-electron chi connectivity index (χ1n) is 9.70. The third kappa shape index (κ3) is 5.97. The van der Waals surface area contributed by atoms with Gasteiger partial charge in [0.15, 0.2) is 11.6 Å². The minimum atomic E-state index is -0.403. The van der Waals surface area contributed by atoms with Gasteiger partial charge < -0.3 is 15.0 Å². The summed E-state index contributed by atoms with van der Waals surface area (Å²) >= 11 is 1.88. The maximum Gasteiger partial charge on any atom is 0.227 e. The number of thioether (sulfide) groups is 1. The fraction of sp³-hybridized carbons (Fsp3) is 0.409. The normalized spacial score (nSPS) is 15.4. The SMILES string of the molecule is CSCCCN1CCC(C(=O)Nc2ccc(Oc3ccccc3F)cc2)CC1. The third-order valence-corrected chi connectivity index (χ3v) is 5.66. The van der Waals surface area contributed by atoms with Gasteiger partial charge in [-0.05, 0) is 87.3 Å². The van der Waals surface area contributed by atoms with E-state index in [1.165, 1.54) is 18.2 Å². The molecule has 1 aliphatic heterocycles. The molecule has 0 aliphatic carbocycles. The van der Waals surface area contributed by atoms with E-state index in [0.29, 0.717) is 5.75 Å². The summed E-state index contributed by atoms with van der Waals surface area (Å²) in [5, 5.41) is 2.99. The van der Waals surface area contributed by atoms with Crippen molar-refractivity contribution < 1.29 is 13.9 Å². The highest BCUT2D eigenvalue weighted by Gasteiger charge is 2.24. The molecule has 1 saturated heterocycles. The summed E-state index contributed by atoms with van der Waals surface area (Å²) in [6.07, 6.45) is 5.15. The first-order chi connectivity index (χ1) is 13.7. The smallest absolute Gasteiger partial charge is 0.227 e. The molecule has 150 valence electrons. The molecule has 1 fully saturated rings. The number of halogens is 1. The van der Waals surface area contributed by atoms with Crippen LogP contribution in [0.2, 0.25) is 0 Å². The highest BCUT2D eigenvalue weighted by molar-refractivity contribution is 7.98. The fourth-order valence-corrected chi connectivity index (χ4v) is 3.77. The number of hydrogen-bond donors (Lipinski definition) is 1. The Morgan fingerprint density at radius 2 is 1.89 bits per heavy atom. The number of carbonyl (C=O) groups excluding carboxylic acids is 1. The molecule has 1 aliphatic rings. The molecule has 4 nitrogen and oxygen atoms in total. The Kier molecular flexibility index (Phi) is 7.74. The van der Waals surface area contributed by atoms with E-state index < -0.39 is 5.82 Å². The number of benzene rings is 2. The van der Waals surface area contributed by atoms with E-state index >= 15 is 0 Å². The van der Waals surface area contributed by atoms with Crippen molar-refractivity contribution in [2.45, 2.75) is 19.3 Å². The van der Waals surface area contributed by atoms with E-state index in [2.05, 4.69) is 16.5 Å². The van der Waals surface area contributed by atoms with Crippen LogP contribution in [0.3, 0.4) is 0 Å². The average molecular weight is 403 g/mol. The van der Waals surface area contributed by atoms with Crippen molar-refractivity contribution in [2.75, 3.05) is 37.0 Å². The van der Waals surface area contributed by atoms with Crippen molar-refractivity contribution in [2.24, 2.45) is 5.92 Å². The zero-order valence-corrected chi connectivity index (χ0v) is 17.0. The maximum atomic E-state index is 13.7. The minimum Gasteiger partial charge on any atom is -0.454 e. The molecule has 6 heteroatoms. The van der Waals surface area contributed by atoms with Crippen molar-refractivity contribution in [1.82, 2.24) is 4.90 Å². The van der Waals surface area contributed by atoms with Gasteiger partial charge in [-0.25, -0.2) is 4.39 Å². The first kappa shape index (κ1) is 20.7. The summed E-state index contributed by atoms with van der Waals surface area (Å²) in [6, 6.07) is 13.3. The number of likely N-dealkylation sites (tertiary alicyclic amines) is 1. The van der Waals surface area contributed by atoms with E-state index in [0.717, 1.165) is 38.2 Å². The van der Waals surface area contributed by atoms with E-state index in [-0.39, 0.29) is 17.6 Å². The molecule has 0 spiro atoms. The van der Waals surface area contributed by atoms with Gasteiger partial charge in [0.2, 0.25) is 5.91 Å². The topological polar surface area (TPSA) is 41.6 Å². The van der Waals surface area contributed by atoms with Crippen molar-refractivity contribution in [3.63, 3.8) is 0 Å². The second kappa shape index (κ2) is 10.5. The quantitative estimate of drug-likeness (QED) is 0.630. The van der Waals surface area contributed by atoms with Crippen molar-refractivity contribution in [3.05, 3.63) is 54.3 Å². The lowest BCUT2D eigenvalue weighted by atomic mass is 9.95. The Morgan fingerprint density at radius 1 is 1.18 bits per heavy atom. The number of hydrogen-bond acceptors (Lipinski definition) is 4. The van der Waals surface area contributed by atoms with E-state index in [4.69, 9.17) is 4.74 Å². The maximum absolute atomic E-state index is 13.7. The summed E-state index contributed by atoms with van der Waals surface area (Å²) in [7, 11) is 0. The van der Waals surface area contributed by atoms with Gasteiger partial charge >= 0.3 is 0 Å². The zero-order valence-electron chi connectivity index (χ0n) is 16.2. The Morgan fingerprint density at radius 3 is 2.57 bits per heavy atom. The molecule has 0 unspecified atom stereocenters. The number of ether oxygens (including phenoxy) is 1. The van der Waals surface area contributed by atoms with Crippen LogP contribution in [0.15, 0.2) is 48.5 Å². The van der Waals surface area contributed by atoms with Gasteiger partial charge in [-0.3, -0.25) is 4.79 Å². The fourth-order valence-electron chi connectivity index (χ4n) is 3.36. The van der Waals surface area contributed by atoms with Gasteiger partial charge in [0.05, 0.1) is 0 Å². The Balaban J connectivity index is 1.46. The van der Waals surface area contributed by atoms with Crippen LogP contribution in [0.4, 0.5) is 10.1 Å². The Labute approximate surface area is 170 Å². The number of rotatable bonds is 8. The second-order valence-corrected chi connectivity index (χ2v) is 7.99. The van der Waals surface area contributed by atoms with E-state index in [1.54, 1.807) is 42.5 Å². The lowest BCUT2D eigenvalue weighted by Crippen LogP contribution is -2.38. The number of carbonyl (C=O) groups is 1. The van der Waals surface area contributed by atoms with Crippen LogP contribution in [0.25, 0.3) is 0 Å². The third-order valence-electron chi connectivity index (χ3n) is 4.97. The monoisotopic (exact) mass is 402 g/mol. The molecular weight excluding hydrogens is 375 g/mol. The number of piperidine rings is 1. The number of anilines is 1. The predicted molar refractivity (Wildman–Crippen MR) is 114 cm³/mol. The molecule has 0 atom stereocenters. The van der Waals surface area contributed by atoms with Crippen molar-refractivity contribution in [1.29, 1.82) is 0 Å². The molecule has 3 rings (SSSR count). The summed E-state index contributed by atoms with van der Waals surface area (Å²) in [4.78, 5) is 15.0. The highest BCUT2D eigenvalue weighted by atomic mass is 32.2. The zero-order chi connectivity index (χ0) is 19.8. The first-order valence-corrected chi connectivity index (χ1v) is 11.1. The molecule has 0 bridgehead atoms. The Bertz CT molecular complexity index is 761. The standard InChI is InChI=1S/C22H27FN2O2S/c1-28-16-4-13-25-14-11-17(12-15-25)22(26)24-18-7-9-19(10-8-18)27-21-6-3-2-5-20(21)23/h2-3,5-10,17H,4,11-16H2,1H3,(H,24,26). The molecule has 0 aromatic heterocycles. The number of para-hydroxylation sites is 1. The van der Waals surface area contributed by atoms with E-state index in [9.17, 15) is 9.18 Å². The lowest BCUT2D eigenvalue weighted by Gasteiger charge is -2.31. The van der Waals surface area contributed by atoms with Crippen LogP contribution in [0.1, 0.15) is 19.3 Å². The van der Waals surface area contributed by atoms with Crippen LogP contribution < -0.4 is 10.1 Å². The van der Waals surface area contributed by atoms with Gasteiger partial charge in [0, 0.05) is 11.6 Å². The summed E-state index contributed by atoms with van der Waals surface area (Å²) in [5.74, 6) is 1.64. The molecular formula is C22H27FN2O2S. The predicted octanol–water partition coefficient (Wildman–Crippen LogP) is 5.02. The van der Waals surface area contributed by atoms with Crippen LogP contribution >= 0.6 is 11.8 Å². The largest absolute Gasteiger partial charge is 0.454 e. The molecule has 2 aromatic rings. The summed E-state index contributed by atoms with van der Waals surface area (Å²) in [5.41, 5.74) is 0.730. The average Bonchev–Trinajstić information content (AvgIpc) is 2.72. The number of nitrogens with one attached hydrogen (secondary N) is 1. The molecule has 1 amide bonds. The highest BCUT2D eigenvalue weighted by Crippen LogP contribution is 2.26. The molecule has 1 N–H and O–H groups in total. The number of nitrogens with zero attached hydrogens (tertiary/aromatic N) is 1. The molecule has 1 heterocycles. The molecule has 28 heavy (non-hydrogen) atoms. The Hall–Kier alpha value is -2.05. The van der Waals surface area contributed by atoms with Crippen LogP contribution in [-0.2, 0) is 4.79 Å². The van der Waals surface area contributed by atoms with Crippen LogP contribution in [0.5, 0.6) is 11.5 Å². The lowest BCUT2D eigenvalue weighted by molar-refractivity contribution is -0.121. The molecule has 2 aromatic carbocycles. The van der Waals surface area contributed by atoms with Gasteiger partial charge in [0.25, 0.3) is 0 Å². The summed E-state index contributed by atoms with van der Waals surface area (Å²) < 4.78 is 19.2. The van der Waals surface area contributed by atoms with Gasteiger partial charge in [-0.1, -0.05) is 12.1 Å². The van der Waals surface area contributed by atoms with Gasteiger partial charge in [-0.15, -0.1) is 0 Å². The van der Waals surface area contributed by atoms with Crippen LogP contribution in [0, 0.1) is 11.7 Å². The van der Waals surface area contributed by atoms with Gasteiger partial charge in [0.1, 0.15) is 5.75 Å². The van der Waals surface area contributed by atoms with Crippen molar-refractivity contribution >= 4 is 23.4 Å². The second-order valence-electron chi connectivity index (χ2n) is 7.01. The summed E-state index contributed by atoms with van der Waals surface area (Å²) in [6.45, 7) is 3.10. The van der Waals surface area contributed by atoms with E-state index in [1.807, 2.05) is 11.8 Å². The number of amides is 1. The minimum absolute atomic E-state index is 0.0612. The van der Waals surface area contributed by atoms with Crippen LogP contribution in [-0.4, -0.2) is 42.4 Å². The molecule has 0 radical (unpaired) electrons. The molecule has 0 saturated carbocycles. The van der Waals surface area contributed by atoms with Crippen molar-refractivity contribution in [3.8, 4) is 11.5 Å². The van der Waals surface area contributed by atoms with Gasteiger partial charge in [-0.2, -0.15) is 11.8 Å².